The molecule has 7 aromatic rings. The molecule has 0 aliphatic rings. The topological polar surface area (TPSA) is 44.9 Å². The van der Waals surface area contributed by atoms with Crippen LogP contribution in [0.25, 0.3) is 44.4 Å². The van der Waals surface area contributed by atoms with E-state index in [9.17, 15) is 0 Å². The number of aromatic nitrogens is 4. The number of ether oxygens (including phenoxy) is 1. The Kier molecular flexibility index (Phi) is 11.5. The maximum absolute atomic E-state index is 6.71. The molecule has 0 spiro atoms. The summed E-state index contributed by atoms with van der Waals surface area (Å²) in [6.45, 7) is 15.5. The monoisotopic (exact) mass is 778 g/mol. The summed E-state index contributed by atoms with van der Waals surface area (Å²) in [5.74, 6) is 2.44. The van der Waals surface area contributed by atoms with Crippen LogP contribution >= 0.6 is 0 Å². The quantitative estimate of drug-likeness (QED) is 0.0916. The molecule has 4 aromatic carbocycles. The standard InChI is InChI=1S/C46H48N4O.Pd/c1-8-10-18-40-46(45-32(6)15-14-16-33(45)7)42(19-11-9-2)50(48-40)35-26-34(30(3)4)27-37(28-35)51-36-21-22-39-38-17-12-13-20-41(38)49(43(39)29-36)44-25-31(5)23-24-47-44;/h12-17,20-27,30H,8-11,18-19H2,1-7H3;/q-2;+2. The summed E-state index contributed by atoms with van der Waals surface area (Å²) in [7, 11) is 0. The number of rotatable bonds is 12. The second-order valence-electron chi connectivity index (χ2n) is 14.2. The van der Waals surface area contributed by atoms with Crippen LogP contribution in [-0.4, -0.2) is 19.3 Å². The molecule has 0 radical (unpaired) electrons. The minimum Gasteiger partial charge on any atom is -0.509 e. The Hall–Kier alpha value is -4.50. The first-order valence-corrected chi connectivity index (χ1v) is 18.6. The van der Waals surface area contributed by atoms with Gasteiger partial charge in [-0.05, 0) is 104 Å². The van der Waals surface area contributed by atoms with Gasteiger partial charge in [-0.1, -0.05) is 82.5 Å². The minimum absolute atomic E-state index is 0. The summed E-state index contributed by atoms with van der Waals surface area (Å²) < 4.78 is 11.1. The molecular formula is C46H48N4OPd. The molecule has 6 heteroatoms. The van der Waals surface area contributed by atoms with Crippen LogP contribution in [0, 0.1) is 32.9 Å². The van der Waals surface area contributed by atoms with Gasteiger partial charge in [0.25, 0.3) is 0 Å². The van der Waals surface area contributed by atoms with Gasteiger partial charge in [0.15, 0.2) is 0 Å². The molecule has 0 N–H and O–H groups in total. The SMILES string of the molecule is CCCCc1nn(-c2[c-]c(Oc3[c-]c4c(cc3)c3ccccc3n4-c3cc(C)ccn3)cc(C(C)C)c2)c(CCCC)c1-c1c(C)cccc1C.[Pd+2]. The van der Waals surface area contributed by atoms with Crippen molar-refractivity contribution in [3.63, 3.8) is 0 Å². The molecule has 0 amide bonds. The van der Waals surface area contributed by atoms with E-state index in [0.717, 1.165) is 77.4 Å². The fourth-order valence-corrected chi connectivity index (χ4v) is 7.28. The van der Waals surface area contributed by atoms with Crippen molar-refractivity contribution < 1.29 is 25.2 Å². The first kappa shape index (κ1) is 37.3. The van der Waals surface area contributed by atoms with Crippen LogP contribution in [0.5, 0.6) is 11.5 Å². The maximum Gasteiger partial charge on any atom is 2.00 e. The molecule has 0 aliphatic carbocycles. The third-order valence-electron chi connectivity index (χ3n) is 9.97. The van der Waals surface area contributed by atoms with Crippen LogP contribution in [0.3, 0.4) is 0 Å². The van der Waals surface area contributed by atoms with Crippen LogP contribution in [0.1, 0.15) is 92.9 Å². The average molecular weight is 779 g/mol. The summed E-state index contributed by atoms with van der Waals surface area (Å²) in [6, 6.07) is 35.0. The van der Waals surface area contributed by atoms with E-state index in [1.54, 1.807) is 0 Å². The zero-order valence-electron chi connectivity index (χ0n) is 31.4. The van der Waals surface area contributed by atoms with Gasteiger partial charge in [-0.3, -0.25) is 4.68 Å². The summed E-state index contributed by atoms with van der Waals surface area (Å²) in [5.41, 5.74) is 12.9. The van der Waals surface area contributed by atoms with Gasteiger partial charge in [0.05, 0.1) is 5.69 Å². The van der Waals surface area contributed by atoms with Crippen LogP contribution in [0.4, 0.5) is 0 Å². The number of aryl methyl sites for hydroxylation is 4. The number of nitrogens with zero attached hydrogens (tertiary/aromatic N) is 4. The van der Waals surface area contributed by atoms with Gasteiger partial charge < -0.3 is 9.30 Å². The fourth-order valence-electron chi connectivity index (χ4n) is 7.28. The molecule has 3 heterocycles. The van der Waals surface area contributed by atoms with Crippen molar-refractivity contribution in [2.45, 2.75) is 92.9 Å². The van der Waals surface area contributed by atoms with Crippen LogP contribution < -0.4 is 4.74 Å². The zero-order valence-corrected chi connectivity index (χ0v) is 33.0. The van der Waals surface area contributed by atoms with Gasteiger partial charge >= 0.3 is 20.4 Å². The molecule has 0 fully saturated rings. The Bertz CT molecular complexity index is 2330. The van der Waals surface area contributed by atoms with E-state index in [4.69, 9.17) is 14.8 Å². The van der Waals surface area contributed by atoms with Gasteiger partial charge in [0.2, 0.25) is 0 Å². The first-order chi connectivity index (χ1) is 24.8. The molecule has 268 valence electrons. The van der Waals surface area contributed by atoms with Gasteiger partial charge in [0.1, 0.15) is 5.82 Å². The van der Waals surface area contributed by atoms with E-state index in [1.807, 2.05) is 18.3 Å². The number of fused-ring (bicyclic) bond motifs is 3. The normalized spacial score (nSPS) is 11.5. The van der Waals surface area contributed by atoms with Crippen molar-refractivity contribution in [1.82, 2.24) is 19.3 Å². The largest absolute Gasteiger partial charge is 2.00 e. The maximum atomic E-state index is 6.71. The molecule has 0 aliphatic heterocycles. The minimum atomic E-state index is 0. The third kappa shape index (κ3) is 7.25. The van der Waals surface area contributed by atoms with Gasteiger partial charge in [-0.15, -0.1) is 41.3 Å². The van der Waals surface area contributed by atoms with Crippen molar-refractivity contribution in [3.05, 3.63) is 131 Å². The fraction of sp³-hybridized carbons (Fsp3) is 0.304. The smallest absolute Gasteiger partial charge is 0.509 e. The van der Waals surface area contributed by atoms with Crippen LogP contribution in [0.2, 0.25) is 0 Å². The molecule has 7 rings (SSSR count). The first-order valence-electron chi connectivity index (χ1n) is 18.6. The van der Waals surface area contributed by atoms with Crippen molar-refractivity contribution in [1.29, 1.82) is 0 Å². The Labute approximate surface area is 322 Å². The number of benzene rings is 4. The molecule has 0 saturated heterocycles. The molecule has 0 atom stereocenters. The van der Waals surface area contributed by atoms with Crippen molar-refractivity contribution in [2.24, 2.45) is 0 Å². The number of hydrogen-bond donors (Lipinski definition) is 0. The van der Waals surface area contributed by atoms with Crippen molar-refractivity contribution in [2.75, 3.05) is 0 Å². The number of pyridine rings is 1. The molecule has 52 heavy (non-hydrogen) atoms. The van der Waals surface area contributed by atoms with Gasteiger partial charge in [-0.25, -0.2) is 4.98 Å². The van der Waals surface area contributed by atoms with Crippen molar-refractivity contribution >= 4 is 21.8 Å². The molecule has 0 bridgehead atoms. The second-order valence-corrected chi connectivity index (χ2v) is 14.2. The molecule has 0 unspecified atom stereocenters. The zero-order chi connectivity index (χ0) is 35.6. The Morgan fingerprint density at radius 3 is 2.23 bits per heavy atom. The van der Waals surface area contributed by atoms with E-state index in [1.165, 1.54) is 39.2 Å². The Balaban J connectivity index is 0.00000464. The van der Waals surface area contributed by atoms with E-state index in [-0.39, 0.29) is 26.3 Å². The summed E-state index contributed by atoms with van der Waals surface area (Å²) in [6.07, 6.45) is 8.16. The van der Waals surface area contributed by atoms with E-state index >= 15 is 0 Å². The third-order valence-corrected chi connectivity index (χ3v) is 9.97. The Morgan fingerprint density at radius 2 is 1.50 bits per heavy atom. The van der Waals surface area contributed by atoms with Gasteiger partial charge in [-0.2, -0.15) is 11.2 Å². The van der Waals surface area contributed by atoms with Crippen molar-refractivity contribution in [3.8, 4) is 34.1 Å². The van der Waals surface area contributed by atoms with E-state index < -0.39 is 0 Å². The molecule has 3 aromatic heterocycles. The number of para-hydroxylation sites is 1. The average Bonchev–Trinajstić information content (AvgIpc) is 3.64. The summed E-state index contributed by atoms with van der Waals surface area (Å²) >= 11 is 0. The molecule has 5 nitrogen and oxygen atoms in total. The van der Waals surface area contributed by atoms with E-state index in [2.05, 4.69) is 137 Å². The Morgan fingerprint density at radius 1 is 0.750 bits per heavy atom. The van der Waals surface area contributed by atoms with E-state index in [0.29, 0.717) is 11.5 Å². The van der Waals surface area contributed by atoms with Crippen LogP contribution in [0.15, 0.2) is 85.1 Å². The number of unbranched alkanes of at least 4 members (excludes halogenated alkanes) is 2. The predicted molar refractivity (Wildman–Crippen MR) is 211 cm³/mol. The summed E-state index contributed by atoms with van der Waals surface area (Å²) in [5, 5.41) is 7.67. The second kappa shape index (κ2) is 16.0. The predicted octanol–water partition coefficient (Wildman–Crippen LogP) is 12.2. The van der Waals surface area contributed by atoms with Crippen LogP contribution in [-0.2, 0) is 33.3 Å². The molecule has 0 saturated carbocycles. The number of hydrogen-bond acceptors (Lipinski definition) is 3. The summed E-state index contributed by atoms with van der Waals surface area (Å²) in [4.78, 5) is 4.75. The van der Waals surface area contributed by atoms with Gasteiger partial charge in [0, 0.05) is 34.5 Å². The molecular weight excluding hydrogens is 731 g/mol.